The SMILES string of the molecule is COC(=O)[C@]1(OC(C)=O)C[C@H](OC(C)=O)[C@@H](C(OC(C)=O)[C@H](OC(C)=O)[C@@H](COC(C)=O)OC(C)=O)O1. The zero-order valence-corrected chi connectivity index (χ0v) is 21.4. The minimum Gasteiger partial charge on any atom is -0.464 e. The highest BCUT2D eigenvalue weighted by atomic mass is 16.8. The predicted octanol–water partition coefficient (Wildman–Crippen LogP) is -0.502. The first-order valence-corrected chi connectivity index (χ1v) is 10.9. The Labute approximate surface area is 211 Å². The second kappa shape index (κ2) is 13.5. The molecule has 0 saturated carbocycles. The summed E-state index contributed by atoms with van der Waals surface area (Å²) in [5.41, 5.74) is 0. The van der Waals surface area contributed by atoms with Gasteiger partial charge < -0.3 is 37.9 Å². The molecule has 0 N–H and O–H groups in total. The van der Waals surface area contributed by atoms with E-state index in [4.69, 9.17) is 33.2 Å². The molecule has 6 atom stereocenters. The summed E-state index contributed by atoms with van der Waals surface area (Å²) < 4.78 is 41.4. The Morgan fingerprint density at radius 2 is 1.35 bits per heavy atom. The van der Waals surface area contributed by atoms with Crippen molar-refractivity contribution in [3.05, 3.63) is 0 Å². The fourth-order valence-electron chi connectivity index (χ4n) is 3.62. The van der Waals surface area contributed by atoms with Gasteiger partial charge in [0.1, 0.15) is 18.8 Å². The maximum absolute atomic E-state index is 12.6. The highest BCUT2D eigenvalue weighted by Crippen LogP contribution is 2.39. The summed E-state index contributed by atoms with van der Waals surface area (Å²) in [7, 11) is 0.978. The molecule has 0 amide bonds. The lowest BCUT2D eigenvalue weighted by Gasteiger charge is -2.36. The van der Waals surface area contributed by atoms with Crippen molar-refractivity contribution in [1.82, 2.24) is 0 Å². The van der Waals surface area contributed by atoms with E-state index in [1.807, 2.05) is 0 Å². The fraction of sp³-hybridized carbons (Fsp3) is 0.682. The number of ether oxygens (including phenoxy) is 8. The molecule has 1 fully saturated rings. The zero-order chi connectivity index (χ0) is 28.5. The minimum atomic E-state index is -2.45. The highest BCUT2D eigenvalue weighted by Gasteiger charge is 2.62. The van der Waals surface area contributed by atoms with Crippen LogP contribution >= 0.6 is 0 Å². The van der Waals surface area contributed by atoms with Crippen LogP contribution in [-0.4, -0.2) is 91.8 Å². The van der Waals surface area contributed by atoms with E-state index in [1.165, 1.54) is 0 Å². The summed E-state index contributed by atoms with van der Waals surface area (Å²) in [5, 5.41) is 0. The van der Waals surface area contributed by atoms with Crippen molar-refractivity contribution in [2.75, 3.05) is 13.7 Å². The molecule has 1 aliphatic rings. The van der Waals surface area contributed by atoms with E-state index < -0.39 is 91.1 Å². The van der Waals surface area contributed by atoms with Crippen molar-refractivity contribution >= 4 is 41.8 Å². The van der Waals surface area contributed by atoms with E-state index >= 15 is 0 Å². The summed E-state index contributed by atoms with van der Waals surface area (Å²) in [6.07, 6.45) is -8.73. The van der Waals surface area contributed by atoms with Crippen LogP contribution in [0.2, 0.25) is 0 Å². The van der Waals surface area contributed by atoms with E-state index in [1.54, 1.807) is 0 Å². The van der Waals surface area contributed by atoms with Crippen LogP contribution in [0.15, 0.2) is 0 Å². The number of rotatable bonds is 11. The molecule has 0 aliphatic carbocycles. The number of hydrogen-bond donors (Lipinski definition) is 0. The lowest BCUT2D eigenvalue weighted by atomic mass is 9.97. The number of carbonyl (C=O) groups is 7. The monoisotopic (exact) mass is 534 g/mol. The van der Waals surface area contributed by atoms with Crippen molar-refractivity contribution < 1.29 is 71.5 Å². The van der Waals surface area contributed by atoms with Gasteiger partial charge in [-0.05, 0) is 0 Å². The fourth-order valence-corrected chi connectivity index (χ4v) is 3.62. The second-order valence-electron chi connectivity index (χ2n) is 7.87. The molecule has 1 heterocycles. The molecule has 37 heavy (non-hydrogen) atoms. The smallest absolute Gasteiger partial charge is 0.379 e. The van der Waals surface area contributed by atoms with E-state index in [-0.39, 0.29) is 0 Å². The van der Waals surface area contributed by atoms with Crippen LogP contribution in [0, 0.1) is 0 Å². The summed E-state index contributed by atoms with van der Waals surface area (Å²) in [6.45, 7) is 5.42. The van der Waals surface area contributed by atoms with Gasteiger partial charge in [-0.1, -0.05) is 0 Å². The molecule has 15 heteroatoms. The van der Waals surface area contributed by atoms with Gasteiger partial charge in [0, 0.05) is 41.5 Å². The molecule has 0 radical (unpaired) electrons. The topological polar surface area (TPSA) is 193 Å². The van der Waals surface area contributed by atoms with Gasteiger partial charge in [-0.2, -0.15) is 0 Å². The summed E-state index contributed by atoms with van der Waals surface area (Å²) in [4.78, 5) is 83.5. The van der Waals surface area contributed by atoms with Crippen molar-refractivity contribution in [3.8, 4) is 0 Å². The summed E-state index contributed by atoms with van der Waals surface area (Å²) >= 11 is 0. The Morgan fingerprint density at radius 3 is 1.78 bits per heavy atom. The maximum atomic E-state index is 12.6. The Bertz CT molecular complexity index is 912. The van der Waals surface area contributed by atoms with Crippen LogP contribution in [-0.2, 0) is 71.5 Å². The van der Waals surface area contributed by atoms with E-state index in [9.17, 15) is 33.6 Å². The largest absolute Gasteiger partial charge is 0.464 e. The van der Waals surface area contributed by atoms with Crippen LogP contribution in [0.3, 0.4) is 0 Å². The third-order valence-corrected chi connectivity index (χ3v) is 4.67. The molecule has 0 aromatic carbocycles. The van der Waals surface area contributed by atoms with Crippen LogP contribution < -0.4 is 0 Å². The third-order valence-electron chi connectivity index (χ3n) is 4.67. The maximum Gasteiger partial charge on any atom is 0.379 e. The van der Waals surface area contributed by atoms with Crippen LogP contribution in [0.4, 0.5) is 0 Å². The Kier molecular flexibility index (Phi) is 11.4. The number of carbonyl (C=O) groups excluding carboxylic acids is 7. The van der Waals surface area contributed by atoms with Gasteiger partial charge in [0.15, 0.2) is 18.3 Å². The molecule has 1 saturated heterocycles. The lowest BCUT2D eigenvalue weighted by molar-refractivity contribution is -0.252. The highest BCUT2D eigenvalue weighted by molar-refractivity contribution is 5.82. The third kappa shape index (κ3) is 9.33. The molecule has 1 unspecified atom stereocenters. The molecule has 0 aromatic heterocycles. The van der Waals surface area contributed by atoms with Gasteiger partial charge in [0.25, 0.3) is 0 Å². The Morgan fingerprint density at radius 1 is 0.784 bits per heavy atom. The molecule has 0 aromatic rings. The van der Waals surface area contributed by atoms with Gasteiger partial charge in [-0.3, -0.25) is 28.8 Å². The second-order valence-corrected chi connectivity index (χ2v) is 7.87. The minimum absolute atomic E-state index is 0.601. The first kappa shape index (κ1) is 31.3. The van der Waals surface area contributed by atoms with Gasteiger partial charge in [-0.25, -0.2) is 4.79 Å². The number of methoxy groups -OCH3 is 1. The van der Waals surface area contributed by atoms with Crippen LogP contribution in [0.25, 0.3) is 0 Å². The predicted molar refractivity (Wildman–Crippen MR) is 115 cm³/mol. The molecule has 0 spiro atoms. The summed E-state index contributed by atoms with van der Waals surface area (Å²) in [6, 6.07) is 0. The van der Waals surface area contributed by atoms with Crippen molar-refractivity contribution in [3.63, 3.8) is 0 Å². The van der Waals surface area contributed by atoms with Gasteiger partial charge in [-0.15, -0.1) is 0 Å². The molecule has 1 rings (SSSR count). The standard InChI is InChI=1S/C22H30O15/c1-10(23)31-9-17(33-12(3)25)18(34-13(4)26)20(35-14(5)27)19-16(32-11(2)24)8-22(37-19,21(29)30-7)36-15(6)28/h16-20H,8-9H2,1-7H3/t16-,17+,18+,19-,20?,22-/m0/s1. The zero-order valence-electron chi connectivity index (χ0n) is 21.4. The van der Waals surface area contributed by atoms with Crippen molar-refractivity contribution in [2.24, 2.45) is 0 Å². The molecule has 15 nitrogen and oxygen atoms in total. The molecule has 208 valence electrons. The first-order chi connectivity index (χ1) is 17.1. The molecule has 0 bridgehead atoms. The van der Waals surface area contributed by atoms with Crippen LogP contribution in [0.5, 0.6) is 0 Å². The Balaban J connectivity index is 3.71. The Hall–Kier alpha value is -3.75. The number of esters is 7. The van der Waals surface area contributed by atoms with Gasteiger partial charge >= 0.3 is 47.6 Å². The van der Waals surface area contributed by atoms with Gasteiger partial charge in [0.05, 0.1) is 13.5 Å². The average Bonchev–Trinajstić information content (AvgIpc) is 3.09. The number of hydrogen-bond acceptors (Lipinski definition) is 15. The normalized spacial score (nSPS) is 22.9. The summed E-state index contributed by atoms with van der Waals surface area (Å²) in [5.74, 6) is -9.03. The molecular weight excluding hydrogens is 504 g/mol. The van der Waals surface area contributed by atoms with Crippen LogP contribution in [0.1, 0.15) is 48.0 Å². The van der Waals surface area contributed by atoms with E-state index in [0.717, 1.165) is 48.7 Å². The van der Waals surface area contributed by atoms with Crippen molar-refractivity contribution in [2.45, 2.75) is 84.3 Å². The molecule has 1 aliphatic heterocycles. The quantitative estimate of drug-likeness (QED) is 0.243. The van der Waals surface area contributed by atoms with Gasteiger partial charge in [0.2, 0.25) is 0 Å². The van der Waals surface area contributed by atoms with Crippen molar-refractivity contribution in [1.29, 1.82) is 0 Å². The van der Waals surface area contributed by atoms with E-state index in [2.05, 4.69) is 4.74 Å². The van der Waals surface area contributed by atoms with E-state index in [0.29, 0.717) is 0 Å². The molecular formula is C22H30O15. The lowest BCUT2D eigenvalue weighted by Crippen LogP contribution is -2.55. The average molecular weight is 534 g/mol. The first-order valence-electron chi connectivity index (χ1n) is 10.9.